The molecule has 1 aromatic heterocycles. The molecule has 3 aromatic rings. The number of benzene rings is 2. The van der Waals surface area contributed by atoms with Crippen molar-refractivity contribution in [1.29, 1.82) is 0 Å². The van der Waals surface area contributed by atoms with Crippen LogP contribution < -0.4 is 5.32 Å². The fourth-order valence-corrected chi connectivity index (χ4v) is 3.13. The number of carbonyl (C=O) groups is 2. The average molecular weight is 408 g/mol. The molecule has 158 valence electrons. The Morgan fingerprint density at radius 2 is 1.83 bits per heavy atom. The van der Waals surface area contributed by atoms with Crippen LogP contribution in [-0.4, -0.2) is 29.5 Å². The van der Waals surface area contributed by atoms with Crippen LogP contribution in [0.1, 0.15) is 37.5 Å². The highest BCUT2D eigenvalue weighted by Crippen LogP contribution is 2.24. The number of nitrogens with zero attached hydrogens (tertiary/aromatic N) is 1. The predicted molar refractivity (Wildman–Crippen MR) is 117 cm³/mol. The van der Waals surface area contributed by atoms with Gasteiger partial charge in [0.15, 0.2) is 0 Å². The lowest BCUT2D eigenvalue weighted by molar-refractivity contribution is -0.115. The Kier molecular flexibility index (Phi) is 6.15. The van der Waals surface area contributed by atoms with E-state index in [2.05, 4.69) is 5.32 Å². The number of ether oxygens (including phenoxy) is 1. The molecule has 0 radical (unpaired) electrons. The number of amides is 2. The number of rotatable bonds is 5. The first-order valence-electron chi connectivity index (χ1n) is 9.91. The third kappa shape index (κ3) is 5.41. The molecule has 1 heterocycles. The Hall–Kier alpha value is -3.28. The molecule has 0 bridgehead atoms. The number of nitrogens with one attached hydrogen (secondary N) is 1. The van der Waals surface area contributed by atoms with Crippen LogP contribution in [0.3, 0.4) is 0 Å². The molecule has 0 fully saturated rings. The van der Waals surface area contributed by atoms with Crippen LogP contribution in [0.25, 0.3) is 11.0 Å². The van der Waals surface area contributed by atoms with Gasteiger partial charge in [0, 0.05) is 23.7 Å². The van der Waals surface area contributed by atoms with Gasteiger partial charge < -0.3 is 19.4 Å². The molecule has 6 nitrogen and oxygen atoms in total. The molecule has 1 N–H and O–H groups in total. The van der Waals surface area contributed by atoms with Gasteiger partial charge in [0.25, 0.3) is 0 Å². The summed E-state index contributed by atoms with van der Waals surface area (Å²) in [5, 5.41) is 3.90. The van der Waals surface area contributed by atoms with Gasteiger partial charge in [0.05, 0.1) is 19.2 Å². The van der Waals surface area contributed by atoms with E-state index in [1.54, 1.807) is 13.3 Å². The molecule has 2 aromatic carbocycles. The first-order chi connectivity index (χ1) is 14.1. The molecule has 0 spiro atoms. The van der Waals surface area contributed by atoms with Gasteiger partial charge in [-0.3, -0.25) is 4.79 Å². The normalized spacial score (nSPS) is 11.4. The van der Waals surface area contributed by atoms with Crippen LogP contribution in [0.5, 0.6) is 0 Å². The number of aryl methyl sites for hydroxylation is 1. The summed E-state index contributed by atoms with van der Waals surface area (Å²) in [7, 11) is 1.67. The number of para-hydroxylation sites is 1. The van der Waals surface area contributed by atoms with Crippen molar-refractivity contribution in [3.05, 3.63) is 65.4 Å². The Labute approximate surface area is 176 Å². The highest BCUT2D eigenvalue weighted by Gasteiger charge is 2.20. The lowest BCUT2D eigenvalue weighted by Crippen LogP contribution is -2.34. The molecular weight excluding hydrogens is 380 g/mol. The Balaban J connectivity index is 1.69. The van der Waals surface area contributed by atoms with Crippen molar-refractivity contribution in [3.8, 4) is 0 Å². The number of hydrogen-bond acceptors (Lipinski definition) is 4. The number of furan rings is 1. The standard InChI is InChI=1S/C24H28N2O4/c1-16-10-11-19-18(15-29-21(19)12-16)13-22(27)25-20-9-7-6-8-17(20)14-26(5)23(28)30-24(2,3)4/h6-12,15H,13-14H2,1-5H3,(H,25,27). The lowest BCUT2D eigenvalue weighted by Gasteiger charge is -2.25. The maximum Gasteiger partial charge on any atom is 0.410 e. The van der Waals surface area contributed by atoms with Crippen LogP contribution in [-0.2, 0) is 22.5 Å². The third-order valence-electron chi connectivity index (χ3n) is 4.57. The third-order valence-corrected chi connectivity index (χ3v) is 4.57. The fourth-order valence-electron chi connectivity index (χ4n) is 3.13. The van der Waals surface area contributed by atoms with Gasteiger partial charge in [0.2, 0.25) is 5.91 Å². The van der Waals surface area contributed by atoms with Crippen LogP contribution in [0, 0.1) is 6.92 Å². The first kappa shape index (κ1) is 21.4. The minimum Gasteiger partial charge on any atom is -0.464 e. The highest BCUT2D eigenvalue weighted by molar-refractivity contribution is 5.96. The zero-order chi connectivity index (χ0) is 21.9. The molecule has 30 heavy (non-hydrogen) atoms. The molecule has 3 rings (SSSR count). The van der Waals surface area contributed by atoms with Crippen molar-refractivity contribution >= 4 is 28.7 Å². The van der Waals surface area contributed by atoms with Crippen LogP contribution in [0.4, 0.5) is 10.5 Å². The number of hydrogen-bond donors (Lipinski definition) is 1. The highest BCUT2D eigenvalue weighted by atomic mass is 16.6. The summed E-state index contributed by atoms with van der Waals surface area (Å²) in [4.78, 5) is 26.4. The van der Waals surface area contributed by atoms with Crippen molar-refractivity contribution in [2.75, 3.05) is 12.4 Å². The molecule has 6 heteroatoms. The van der Waals surface area contributed by atoms with E-state index in [1.807, 2.05) is 70.2 Å². The van der Waals surface area contributed by atoms with E-state index < -0.39 is 11.7 Å². The fraction of sp³-hybridized carbons (Fsp3) is 0.333. The summed E-state index contributed by atoms with van der Waals surface area (Å²) in [6, 6.07) is 13.4. The average Bonchev–Trinajstić information content (AvgIpc) is 3.03. The molecule has 0 aliphatic carbocycles. The maximum atomic E-state index is 12.7. The molecule has 0 unspecified atom stereocenters. The molecule has 0 aliphatic heterocycles. The second-order valence-corrected chi connectivity index (χ2v) is 8.48. The van der Waals surface area contributed by atoms with Crippen molar-refractivity contribution in [3.63, 3.8) is 0 Å². The molecular formula is C24H28N2O4. The Morgan fingerprint density at radius 1 is 1.10 bits per heavy atom. The predicted octanol–water partition coefficient (Wildman–Crippen LogP) is 5.29. The van der Waals surface area contributed by atoms with Crippen LogP contribution >= 0.6 is 0 Å². The van der Waals surface area contributed by atoms with Gasteiger partial charge in [-0.25, -0.2) is 4.79 Å². The van der Waals surface area contributed by atoms with E-state index in [9.17, 15) is 9.59 Å². The Morgan fingerprint density at radius 3 is 2.57 bits per heavy atom. The number of fused-ring (bicyclic) bond motifs is 1. The molecule has 2 amide bonds. The second kappa shape index (κ2) is 8.61. The Bertz CT molecular complexity index is 1060. The summed E-state index contributed by atoms with van der Waals surface area (Å²) in [5.74, 6) is -0.148. The largest absolute Gasteiger partial charge is 0.464 e. The topological polar surface area (TPSA) is 71.8 Å². The van der Waals surface area contributed by atoms with Gasteiger partial charge in [0.1, 0.15) is 11.2 Å². The van der Waals surface area contributed by atoms with Gasteiger partial charge >= 0.3 is 6.09 Å². The maximum absolute atomic E-state index is 12.7. The summed E-state index contributed by atoms with van der Waals surface area (Å²) < 4.78 is 11.0. The molecule has 0 saturated heterocycles. The van der Waals surface area contributed by atoms with E-state index >= 15 is 0 Å². The minimum absolute atomic E-state index is 0.148. The van der Waals surface area contributed by atoms with E-state index in [0.717, 1.165) is 27.7 Å². The minimum atomic E-state index is -0.564. The van der Waals surface area contributed by atoms with Crippen LogP contribution in [0.15, 0.2) is 53.1 Å². The van der Waals surface area contributed by atoms with Gasteiger partial charge in [-0.15, -0.1) is 0 Å². The van der Waals surface area contributed by atoms with Gasteiger partial charge in [-0.1, -0.05) is 30.3 Å². The van der Waals surface area contributed by atoms with Crippen LogP contribution in [0.2, 0.25) is 0 Å². The van der Waals surface area contributed by atoms with E-state index in [4.69, 9.17) is 9.15 Å². The molecule has 0 saturated carbocycles. The second-order valence-electron chi connectivity index (χ2n) is 8.48. The SMILES string of the molecule is Cc1ccc2c(CC(=O)Nc3ccccc3CN(C)C(=O)OC(C)(C)C)coc2c1. The monoisotopic (exact) mass is 408 g/mol. The van der Waals surface area contributed by atoms with Crippen molar-refractivity contribution in [1.82, 2.24) is 4.90 Å². The van der Waals surface area contributed by atoms with Crippen molar-refractivity contribution < 1.29 is 18.7 Å². The quantitative estimate of drug-likeness (QED) is 0.623. The van der Waals surface area contributed by atoms with E-state index in [1.165, 1.54) is 4.90 Å². The van der Waals surface area contributed by atoms with Gasteiger partial charge in [-0.2, -0.15) is 0 Å². The first-order valence-corrected chi connectivity index (χ1v) is 9.91. The summed E-state index contributed by atoms with van der Waals surface area (Å²) in [6.07, 6.45) is 1.42. The smallest absolute Gasteiger partial charge is 0.410 e. The van der Waals surface area contributed by atoms with E-state index in [-0.39, 0.29) is 12.3 Å². The zero-order valence-electron chi connectivity index (χ0n) is 18.1. The lowest BCUT2D eigenvalue weighted by atomic mass is 10.1. The summed E-state index contributed by atoms with van der Waals surface area (Å²) in [5.41, 5.74) is 3.65. The zero-order valence-corrected chi connectivity index (χ0v) is 18.1. The van der Waals surface area contributed by atoms with Gasteiger partial charge in [-0.05, 0) is 51.0 Å². The number of carbonyl (C=O) groups excluding carboxylic acids is 2. The molecule has 0 atom stereocenters. The van der Waals surface area contributed by atoms with Crippen molar-refractivity contribution in [2.24, 2.45) is 0 Å². The molecule has 0 aliphatic rings. The summed E-state index contributed by atoms with van der Waals surface area (Å²) in [6.45, 7) is 7.80. The van der Waals surface area contributed by atoms with E-state index in [0.29, 0.717) is 12.2 Å². The van der Waals surface area contributed by atoms with Crippen molar-refractivity contribution in [2.45, 2.75) is 46.3 Å². The number of anilines is 1. The summed E-state index contributed by atoms with van der Waals surface area (Å²) >= 11 is 0.